The van der Waals surface area contributed by atoms with E-state index >= 15 is 0 Å². The minimum absolute atomic E-state index is 0.0164. The van der Waals surface area contributed by atoms with Crippen LogP contribution in [0.3, 0.4) is 0 Å². The molecule has 0 spiro atoms. The number of hydrogen-bond donors (Lipinski definition) is 2. The highest BCUT2D eigenvalue weighted by Gasteiger charge is 2.21. The Kier molecular flexibility index (Phi) is 3.88. The highest BCUT2D eigenvalue weighted by molar-refractivity contribution is 5.88. The summed E-state index contributed by atoms with van der Waals surface area (Å²) >= 11 is 0. The fraction of sp³-hybridized carbons (Fsp3) is 0.312. The van der Waals surface area contributed by atoms with E-state index in [9.17, 15) is 4.79 Å². The Morgan fingerprint density at radius 3 is 3.04 bits per heavy atom. The molecule has 25 heavy (non-hydrogen) atoms. The smallest absolute Gasteiger partial charge is 0.320 e. The average molecular weight is 338 g/mol. The van der Waals surface area contributed by atoms with Crippen LogP contribution < -0.4 is 10.6 Å². The van der Waals surface area contributed by atoms with Crippen molar-refractivity contribution in [2.24, 2.45) is 0 Å². The monoisotopic (exact) mass is 338 g/mol. The van der Waals surface area contributed by atoms with Crippen molar-refractivity contribution in [1.82, 2.24) is 34.8 Å². The number of pyridine rings is 1. The Balaban J connectivity index is 1.43. The molecule has 4 heterocycles. The molecule has 0 aromatic carbocycles. The number of amides is 2. The van der Waals surface area contributed by atoms with Crippen LogP contribution in [-0.4, -0.2) is 41.6 Å². The van der Waals surface area contributed by atoms with Gasteiger partial charge in [-0.25, -0.2) is 19.4 Å². The van der Waals surface area contributed by atoms with E-state index in [0.29, 0.717) is 18.2 Å². The number of aryl methyl sites for hydroxylation is 2. The summed E-state index contributed by atoms with van der Waals surface area (Å²) in [6.07, 6.45) is 6.53. The van der Waals surface area contributed by atoms with Crippen LogP contribution in [0.5, 0.6) is 0 Å². The lowest BCUT2D eigenvalue weighted by atomic mass is 10.1. The van der Waals surface area contributed by atoms with Crippen LogP contribution in [0.15, 0.2) is 36.9 Å². The van der Waals surface area contributed by atoms with Crippen LogP contribution in [0.4, 0.5) is 10.6 Å². The zero-order valence-electron chi connectivity index (χ0n) is 13.8. The molecule has 128 valence electrons. The van der Waals surface area contributed by atoms with Gasteiger partial charge in [0.1, 0.15) is 18.0 Å². The largest absolute Gasteiger partial charge is 0.333 e. The molecule has 1 atom stereocenters. The molecule has 3 aromatic rings. The van der Waals surface area contributed by atoms with Gasteiger partial charge in [-0.3, -0.25) is 5.32 Å². The fourth-order valence-corrected chi connectivity index (χ4v) is 2.91. The molecular weight excluding hydrogens is 320 g/mol. The Morgan fingerprint density at radius 1 is 1.24 bits per heavy atom. The molecule has 0 saturated heterocycles. The zero-order chi connectivity index (χ0) is 17.2. The van der Waals surface area contributed by atoms with Gasteiger partial charge < -0.3 is 5.32 Å². The normalized spacial score (nSPS) is 16.3. The van der Waals surface area contributed by atoms with E-state index in [1.165, 1.54) is 0 Å². The summed E-state index contributed by atoms with van der Waals surface area (Å²) in [5.74, 6) is 2.18. The topological polar surface area (TPSA) is 103 Å². The first-order chi connectivity index (χ1) is 12.2. The molecule has 4 rings (SSSR count). The van der Waals surface area contributed by atoms with E-state index < -0.39 is 0 Å². The Morgan fingerprint density at radius 2 is 2.16 bits per heavy atom. The summed E-state index contributed by atoms with van der Waals surface area (Å²) in [7, 11) is 0. The van der Waals surface area contributed by atoms with Gasteiger partial charge in [0.2, 0.25) is 0 Å². The summed E-state index contributed by atoms with van der Waals surface area (Å²) in [6, 6.07) is 5.29. The number of rotatable bonds is 3. The molecule has 0 aliphatic carbocycles. The third-order valence-corrected chi connectivity index (χ3v) is 4.14. The lowest BCUT2D eigenvalue weighted by Gasteiger charge is -2.23. The number of urea groups is 1. The molecule has 0 fully saturated rings. The fourth-order valence-electron chi connectivity index (χ4n) is 2.91. The maximum atomic E-state index is 12.4. The van der Waals surface area contributed by atoms with Crippen molar-refractivity contribution >= 4 is 11.8 Å². The second kappa shape index (κ2) is 6.34. The number of nitrogens with zero attached hydrogens (tertiary/aromatic N) is 6. The van der Waals surface area contributed by atoms with Gasteiger partial charge in [-0.15, -0.1) is 0 Å². The predicted molar refractivity (Wildman–Crippen MR) is 90.4 cm³/mol. The first-order valence-electron chi connectivity index (χ1n) is 8.10. The maximum Gasteiger partial charge on any atom is 0.320 e. The van der Waals surface area contributed by atoms with Gasteiger partial charge in [0, 0.05) is 18.7 Å². The molecule has 9 heteroatoms. The van der Waals surface area contributed by atoms with E-state index in [2.05, 4.69) is 30.8 Å². The van der Waals surface area contributed by atoms with Gasteiger partial charge in [-0.05, 0) is 31.0 Å². The van der Waals surface area contributed by atoms with E-state index in [-0.39, 0.29) is 12.1 Å². The summed E-state index contributed by atoms with van der Waals surface area (Å²) in [6.45, 7) is 2.61. The Hall–Kier alpha value is -3.23. The number of carbonyl (C=O) groups excluding carboxylic acids is 1. The van der Waals surface area contributed by atoms with Crippen molar-refractivity contribution in [3.05, 3.63) is 48.3 Å². The van der Waals surface area contributed by atoms with Crippen LogP contribution >= 0.6 is 0 Å². The first-order valence-corrected chi connectivity index (χ1v) is 8.10. The molecule has 2 N–H and O–H groups in total. The minimum atomic E-state index is -0.275. The molecule has 3 aromatic heterocycles. The number of anilines is 1. The van der Waals surface area contributed by atoms with Gasteiger partial charge in [0.25, 0.3) is 0 Å². The SMILES string of the molecule is Cc1ccnc(-n2nccc2NC(=O)NC2CCc3ncnn3C2)c1. The van der Waals surface area contributed by atoms with Crippen molar-refractivity contribution in [2.75, 3.05) is 5.32 Å². The predicted octanol–water partition coefficient (Wildman–Crippen LogP) is 1.30. The summed E-state index contributed by atoms with van der Waals surface area (Å²) in [4.78, 5) is 20.8. The van der Waals surface area contributed by atoms with Crippen molar-refractivity contribution in [1.29, 1.82) is 0 Å². The van der Waals surface area contributed by atoms with E-state index in [1.807, 2.05) is 23.7 Å². The molecule has 1 unspecified atom stereocenters. The standard InChI is InChI=1S/C16H18N8O/c1-11-4-6-17-15(8-11)24-14(5-7-19-24)22-16(25)21-12-2-3-13-18-10-20-23(13)9-12/h4-8,10,12H,2-3,9H2,1H3,(H2,21,22,25). The molecule has 2 amide bonds. The van der Waals surface area contributed by atoms with Crippen molar-refractivity contribution in [3.63, 3.8) is 0 Å². The number of carbonyl (C=O) groups is 1. The highest BCUT2D eigenvalue weighted by atomic mass is 16.2. The molecule has 0 saturated carbocycles. The van der Waals surface area contributed by atoms with Crippen LogP contribution in [0, 0.1) is 6.92 Å². The van der Waals surface area contributed by atoms with Gasteiger partial charge >= 0.3 is 6.03 Å². The minimum Gasteiger partial charge on any atom is -0.333 e. The van der Waals surface area contributed by atoms with Crippen molar-refractivity contribution in [2.45, 2.75) is 32.4 Å². The number of nitrogens with one attached hydrogen (secondary N) is 2. The lowest BCUT2D eigenvalue weighted by molar-refractivity contribution is 0.243. The molecule has 0 bridgehead atoms. The van der Waals surface area contributed by atoms with Crippen LogP contribution in [0.25, 0.3) is 5.82 Å². The molecular formula is C16H18N8O. The van der Waals surface area contributed by atoms with Crippen molar-refractivity contribution < 1.29 is 4.79 Å². The average Bonchev–Trinajstić information content (AvgIpc) is 3.23. The first kappa shape index (κ1) is 15.3. The van der Waals surface area contributed by atoms with E-state index in [0.717, 1.165) is 24.2 Å². The van der Waals surface area contributed by atoms with E-state index in [4.69, 9.17) is 0 Å². The van der Waals surface area contributed by atoms with Gasteiger partial charge in [-0.1, -0.05) is 0 Å². The summed E-state index contributed by atoms with van der Waals surface area (Å²) < 4.78 is 3.43. The van der Waals surface area contributed by atoms with Crippen LogP contribution in [-0.2, 0) is 13.0 Å². The number of aromatic nitrogens is 6. The lowest BCUT2D eigenvalue weighted by Crippen LogP contribution is -2.43. The molecule has 1 aliphatic rings. The molecule has 0 radical (unpaired) electrons. The van der Waals surface area contributed by atoms with E-state index in [1.54, 1.807) is 29.5 Å². The number of hydrogen-bond acceptors (Lipinski definition) is 5. The van der Waals surface area contributed by atoms with Gasteiger partial charge in [-0.2, -0.15) is 14.9 Å². The Labute approximate surface area is 144 Å². The van der Waals surface area contributed by atoms with Crippen LogP contribution in [0.2, 0.25) is 0 Å². The second-order valence-corrected chi connectivity index (χ2v) is 6.01. The molecule has 1 aliphatic heterocycles. The number of fused-ring (bicyclic) bond motifs is 1. The Bertz CT molecular complexity index is 899. The van der Waals surface area contributed by atoms with Gasteiger partial charge in [0.15, 0.2) is 5.82 Å². The van der Waals surface area contributed by atoms with Crippen molar-refractivity contribution in [3.8, 4) is 5.82 Å². The molecule has 9 nitrogen and oxygen atoms in total. The maximum absolute atomic E-state index is 12.4. The third kappa shape index (κ3) is 3.21. The van der Waals surface area contributed by atoms with Crippen LogP contribution in [0.1, 0.15) is 17.8 Å². The third-order valence-electron chi connectivity index (χ3n) is 4.14. The summed E-state index contributed by atoms with van der Waals surface area (Å²) in [5, 5.41) is 14.2. The quantitative estimate of drug-likeness (QED) is 0.749. The summed E-state index contributed by atoms with van der Waals surface area (Å²) in [5.41, 5.74) is 1.07. The zero-order valence-corrected chi connectivity index (χ0v) is 13.8. The van der Waals surface area contributed by atoms with Gasteiger partial charge in [0.05, 0.1) is 18.8 Å². The second-order valence-electron chi connectivity index (χ2n) is 6.01. The highest BCUT2D eigenvalue weighted by Crippen LogP contribution is 2.15.